The standard InChI is InChI=1S/C29H26Cl2N4O6S2/c30-24-9-1-22(2-10-24)18-42(38,39)34(28(32)36)26-13-5-20(6-14-26)17-21-7-15-27(16-8-21)35(29(33)37)43(40,41)19-23-3-11-25(31)12-4-23/h1-16H,17-19H2,(H2,32,36)(H2,33,37). The normalized spacial score (nSPS) is 11.6. The van der Waals surface area contributed by atoms with E-state index in [-0.39, 0.29) is 11.4 Å². The van der Waals surface area contributed by atoms with Gasteiger partial charge >= 0.3 is 12.1 Å². The van der Waals surface area contributed by atoms with Crippen molar-refractivity contribution in [2.45, 2.75) is 17.9 Å². The van der Waals surface area contributed by atoms with Crippen LogP contribution in [-0.4, -0.2) is 28.9 Å². The van der Waals surface area contributed by atoms with Crippen molar-refractivity contribution < 1.29 is 26.4 Å². The maximum absolute atomic E-state index is 13.0. The van der Waals surface area contributed by atoms with Gasteiger partial charge in [-0.1, -0.05) is 71.7 Å². The zero-order valence-electron chi connectivity index (χ0n) is 22.4. The zero-order chi connectivity index (χ0) is 31.4. The fourth-order valence-electron chi connectivity index (χ4n) is 4.30. The molecule has 0 unspecified atom stereocenters. The molecule has 0 bridgehead atoms. The van der Waals surface area contributed by atoms with Crippen molar-refractivity contribution in [1.82, 2.24) is 0 Å². The van der Waals surface area contributed by atoms with Crippen molar-refractivity contribution in [2.75, 3.05) is 8.61 Å². The van der Waals surface area contributed by atoms with Crippen molar-refractivity contribution >= 4 is 66.7 Å². The number of rotatable bonds is 10. The summed E-state index contributed by atoms with van der Waals surface area (Å²) in [5.41, 5.74) is 13.4. The molecule has 0 aliphatic heterocycles. The van der Waals surface area contributed by atoms with Crippen molar-refractivity contribution in [3.63, 3.8) is 0 Å². The fourth-order valence-corrected chi connectivity index (χ4v) is 7.47. The van der Waals surface area contributed by atoms with E-state index in [0.717, 1.165) is 11.1 Å². The Hall–Kier alpha value is -4.10. The van der Waals surface area contributed by atoms with E-state index in [0.29, 0.717) is 36.2 Å². The van der Waals surface area contributed by atoms with E-state index in [1.807, 2.05) is 0 Å². The summed E-state index contributed by atoms with van der Waals surface area (Å²) in [5, 5.41) is 0.894. The molecule has 0 fully saturated rings. The molecule has 4 aromatic rings. The number of halogens is 2. The number of carbonyl (C=O) groups excluding carboxylic acids is 2. The van der Waals surface area contributed by atoms with Crippen LogP contribution in [0.3, 0.4) is 0 Å². The fraction of sp³-hybridized carbons (Fsp3) is 0.103. The van der Waals surface area contributed by atoms with E-state index in [1.54, 1.807) is 72.8 Å². The van der Waals surface area contributed by atoms with E-state index in [9.17, 15) is 26.4 Å². The van der Waals surface area contributed by atoms with Gasteiger partial charge in [-0.25, -0.2) is 26.4 Å². The van der Waals surface area contributed by atoms with E-state index in [1.165, 1.54) is 24.3 Å². The van der Waals surface area contributed by atoms with Gasteiger partial charge in [0.05, 0.1) is 22.9 Å². The topological polar surface area (TPSA) is 161 Å². The van der Waals surface area contributed by atoms with Gasteiger partial charge in [-0.15, -0.1) is 0 Å². The van der Waals surface area contributed by atoms with Crippen LogP contribution < -0.4 is 20.1 Å². The SMILES string of the molecule is NC(=O)N(c1ccc(Cc2ccc(N(C(N)=O)S(=O)(=O)Cc3ccc(Cl)cc3)cc2)cc1)S(=O)(=O)Cc1ccc(Cl)cc1. The van der Waals surface area contributed by atoms with Crippen molar-refractivity contribution in [3.8, 4) is 0 Å². The number of hydrogen-bond acceptors (Lipinski definition) is 6. The van der Waals surface area contributed by atoms with Gasteiger partial charge in [0.15, 0.2) is 0 Å². The Labute approximate surface area is 259 Å². The Kier molecular flexibility index (Phi) is 9.65. The molecule has 43 heavy (non-hydrogen) atoms. The molecule has 0 saturated heterocycles. The quantitative estimate of drug-likeness (QED) is 0.231. The number of nitrogens with two attached hydrogens (primary N) is 2. The highest BCUT2D eigenvalue weighted by Gasteiger charge is 2.29. The zero-order valence-corrected chi connectivity index (χ0v) is 25.6. The highest BCUT2D eigenvalue weighted by molar-refractivity contribution is 7.93. The lowest BCUT2D eigenvalue weighted by molar-refractivity contribution is 0.256. The van der Waals surface area contributed by atoms with E-state index >= 15 is 0 Å². The molecule has 4 amide bonds. The highest BCUT2D eigenvalue weighted by atomic mass is 35.5. The van der Waals surface area contributed by atoms with Crippen LogP contribution in [-0.2, 0) is 38.0 Å². The second-order valence-electron chi connectivity index (χ2n) is 9.48. The molecule has 0 heterocycles. The predicted octanol–water partition coefficient (Wildman–Crippen LogP) is 5.41. The monoisotopic (exact) mass is 660 g/mol. The van der Waals surface area contributed by atoms with Crippen LogP contribution in [0, 0.1) is 0 Å². The van der Waals surface area contributed by atoms with Gasteiger partial charge in [0.2, 0.25) is 20.0 Å². The lowest BCUT2D eigenvalue weighted by Crippen LogP contribution is -2.41. The number of hydrogen-bond donors (Lipinski definition) is 2. The Morgan fingerprint density at radius 3 is 1.07 bits per heavy atom. The number of anilines is 2. The summed E-state index contributed by atoms with van der Waals surface area (Å²) in [6.07, 6.45) is 0.378. The molecule has 0 aliphatic carbocycles. The summed E-state index contributed by atoms with van der Waals surface area (Å²) in [6, 6.07) is 22.5. The molecule has 4 N–H and O–H groups in total. The van der Waals surface area contributed by atoms with Crippen LogP contribution in [0.15, 0.2) is 97.1 Å². The van der Waals surface area contributed by atoms with Gasteiger partial charge in [0, 0.05) is 10.0 Å². The molecule has 10 nitrogen and oxygen atoms in total. The van der Waals surface area contributed by atoms with Gasteiger partial charge in [0.25, 0.3) is 0 Å². The summed E-state index contributed by atoms with van der Waals surface area (Å²) < 4.78 is 53.2. The Morgan fingerprint density at radius 2 is 0.791 bits per heavy atom. The summed E-state index contributed by atoms with van der Waals surface area (Å²) >= 11 is 11.7. The van der Waals surface area contributed by atoms with Gasteiger partial charge < -0.3 is 11.5 Å². The van der Waals surface area contributed by atoms with Crippen LogP contribution in [0.1, 0.15) is 22.3 Å². The maximum Gasteiger partial charge on any atom is 0.333 e. The van der Waals surface area contributed by atoms with Crippen molar-refractivity contribution in [3.05, 3.63) is 129 Å². The number of sulfonamides is 2. The summed E-state index contributed by atoms with van der Waals surface area (Å²) in [4.78, 5) is 24.3. The number of nitrogens with zero attached hydrogens (tertiary/aromatic N) is 2. The van der Waals surface area contributed by atoms with Gasteiger partial charge in [-0.05, 0) is 77.2 Å². The first-order chi connectivity index (χ1) is 20.2. The van der Waals surface area contributed by atoms with Crippen LogP contribution >= 0.6 is 23.2 Å². The Morgan fingerprint density at radius 1 is 0.512 bits per heavy atom. The van der Waals surface area contributed by atoms with Crippen LogP contribution in [0.2, 0.25) is 10.0 Å². The first kappa shape index (κ1) is 31.8. The molecule has 0 spiro atoms. The maximum atomic E-state index is 13.0. The summed E-state index contributed by atoms with van der Waals surface area (Å²) in [5.74, 6) is -0.919. The molecule has 224 valence electrons. The number of urea groups is 2. The largest absolute Gasteiger partial charge is 0.350 e. The van der Waals surface area contributed by atoms with Gasteiger partial charge in [-0.3, -0.25) is 0 Å². The molecule has 0 aliphatic rings. The molecule has 4 rings (SSSR count). The molecular formula is C29H26Cl2N4O6S2. The van der Waals surface area contributed by atoms with Crippen molar-refractivity contribution in [1.29, 1.82) is 0 Å². The number of benzene rings is 4. The van der Waals surface area contributed by atoms with E-state index < -0.39 is 43.6 Å². The third-order valence-electron chi connectivity index (χ3n) is 6.23. The molecule has 0 radical (unpaired) electrons. The average molecular weight is 662 g/mol. The first-order valence-electron chi connectivity index (χ1n) is 12.6. The lowest BCUT2D eigenvalue weighted by Gasteiger charge is -2.21. The number of carbonyl (C=O) groups is 2. The minimum atomic E-state index is -4.15. The molecule has 0 aromatic heterocycles. The van der Waals surface area contributed by atoms with Crippen LogP contribution in [0.4, 0.5) is 21.0 Å². The minimum Gasteiger partial charge on any atom is -0.350 e. The average Bonchev–Trinajstić information content (AvgIpc) is 2.92. The van der Waals surface area contributed by atoms with Crippen LogP contribution in [0.5, 0.6) is 0 Å². The second-order valence-corrected chi connectivity index (χ2v) is 14.0. The van der Waals surface area contributed by atoms with E-state index in [2.05, 4.69) is 0 Å². The minimum absolute atomic E-state index is 0.0727. The molecule has 4 aromatic carbocycles. The predicted molar refractivity (Wildman–Crippen MR) is 168 cm³/mol. The number of amides is 4. The molecular weight excluding hydrogens is 635 g/mol. The van der Waals surface area contributed by atoms with Crippen LogP contribution in [0.25, 0.3) is 0 Å². The van der Waals surface area contributed by atoms with Gasteiger partial charge in [0.1, 0.15) is 0 Å². The third-order valence-corrected chi connectivity index (χ3v) is 10.0. The Balaban J connectivity index is 1.49. The molecule has 0 saturated carbocycles. The number of primary amides is 2. The third kappa shape index (κ3) is 8.05. The van der Waals surface area contributed by atoms with Gasteiger partial charge in [-0.2, -0.15) is 8.61 Å². The highest BCUT2D eigenvalue weighted by Crippen LogP contribution is 2.25. The smallest absolute Gasteiger partial charge is 0.333 e. The first-order valence-corrected chi connectivity index (χ1v) is 16.5. The molecule has 14 heteroatoms. The summed E-state index contributed by atoms with van der Waals surface area (Å²) in [6.45, 7) is 0. The lowest BCUT2D eigenvalue weighted by atomic mass is 10.0. The Bertz CT molecular complexity index is 1700. The van der Waals surface area contributed by atoms with Crippen molar-refractivity contribution in [2.24, 2.45) is 11.5 Å². The summed E-state index contributed by atoms with van der Waals surface area (Å²) in [7, 11) is -8.30. The second kappa shape index (κ2) is 13.0. The molecule has 0 atom stereocenters. The van der Waals surface area contributed by atoms with E-state index in [4.69, 9.17) is 34.7 Å².